The lowest BCUT2D eigenvalue weighted by atomic mass is 10.0. The van der Waals surface area contributed by atoms with Crippen molar-refractivity contribution in [3.05, 3.63) is 0 Å². The summed E-state index contributed by atoms with van der Waals surface area (Å²) in [5, 5.41) is 14.0. The van der Waals surface area contributed by atoms with Gasteiger partial charge < -0.3 is 28.8 Å². The van der Waals surface area contributed by atoms with Gasteiger partial charge in [0.2, 0.25) is 5.91 Å². The maximum absolute atomic E-state index is 13.0. The first-order valence-corrected chi connectivity index (χ1v) is 35.8. The van der Waals surface area contributed by atoms with Crippen LogP contribution < -0.4 is 10.2 Å². The maximum Gasteiger partial charge on any atom is 0.268 e. The summed E-state index contributed by atoms with van der Waals surface area (Å²) in [7, 11) is 1.33. The minimum atomic E-state index is -4.57. The number of rotatable bonds is 65. The van der Waals surface area contributed by atoms with Crippen molar-refractivity contribution in [2.75, 3.05) is 40.9 Å². The lowest BCUT2D eigenvalue weighted by Gasteiger charge is -2.30. The minimum Gasteiger partial charge on any atom is -0.756 e. The Morgan fingerprint density at radius 3 is 0.895 bits per heavy atom. The molecule has 0 aromatic rings. The van der Waals surface area contributed by atoms with Crippen molar-refractivity contribution in [1.82, 2.24) is 5.32 Å². The highest BCUT2D eigenvalue weighted by molar-refractivity contribution is 7.45. The maximum atomic E-state index is 13.0. The van der Waals surface area contributed by atoms with Crippen molar-refractivity contribution in [3.63, 3.8) is 0 Å². The molecule has 3 atom stereocenters. The molecule has 0 bridgehead atoms. The fraction of sp³-hybridized carbons (Fsp3) is 0.985. The highest BCUT2D eigenvalue weighted by atomic mass is 31.2. The third-order valence-corrected chi connectivity index (χ3v) is 17.3. The summed E-state index contributed by atoms with van der Waals surface area (Å²) >= 11 is 0. The number of aliphatic hydroxyl groups excluding tert-OH is 1. The summed E-state index contributed by atoms with van der Waals surface area (Å²) in [5.74, 6) is -0.155. The van der Waals surface area contributed by atoms with E-state index in [0.29, 0.717) is 23.9 Å². The lowest BCUT2D eigenvalue weighted by Crippen LogP contribution is -2.46. The van der Waals surface area contributed by atoms with Gasteiger partial charge in [-0.2, -0.15) is 0 Å². The Morgan fingerprint density at radius 2 is 0.645 bits per heavy atom. The molecule has 76 heavy (non-hydrogen) atoms. The molecule has 0 aliphatic heterocycles. The normalized spacial score (nSPS) is 13.6. The van der Waals surface area contributed by atoms with Gasteiger partial charge in [-0.1, -0.05) is 354 Å². The molecule has 3 unspecified atom stereocenters. The Kier molecular flexibility index (Phi) is 58.7. The number of hydrogen-bond donors (Lipinski definition) is 2. The monoisotopic (exact) mass is 1100 g/mol. The number of carbonyl (C=O) groups is 1. The first-order chi connectivity index (χ1) is 37.0. The Hall–Kier alpha value is -0.500. The van der Waals surface area contributed by atoms with Gasteiger partial charge in [0.15, 0.2) is 0 Å². The second kappa shape index (κ2) is 59.1. The number of nitrogens with one attached hydrogen (secondary N) is 1. The van der Waals surface area contributed by atoms with Crippen LogP contribution in [0.5, 0.6) is 0 Å². The van der Waals surface area contributed by atoms with Crippen molar-refractivity contribution >= 4 is 13.7 Å². The second-order valence-electron chi connectivity index (χ2n) is 25.3. The molecule has 0 aliphatic rings. The molecule has 0 aromatic heterocycles. The van der Waals surface area contributed by atoms with Gasteiger partial charge in [0.05, 0.1) is 39.9 Å². The van der Waals surface area contributed by atoms with Crippen LogP contribution in [0.2, 0.25) is 0 Å². The van der Waals surface area contributed by atoms with E-state index in [1.54, 1.807) is 0 Å². The number of hydrogen-bond acceptors (Lipinski definition) is 6. The van der Waals surface area contributed by atoms with E-state index in [2.05, 4.69) is 19.2 Å². The molecule has 1 amide bonds. The Labute approximate surface area is 476 Å². The first-order valence-electron chi connectivity index (χ1n) is 34.4. The molecule has 0 saturated carbocycles. The fourth-order valence-electron chi connectivity index (χ4n) is 11.0. The van der Waals surface area contributed by atoms with Gasteiger partial charge >= 0.3 is 0 Å². The van der Waals surface area contributed by atoms with E-state index in [0.717, 1.165) is 38.5 Å². The molecule has 8 nitrogen and oxygen atoms in total. The molecule has 0 heterocycles. The van der Waals surface area contributed by atoms with Crippen molar-refractivity contribution in [2.24, 2.45) is 0 Å². The molecule has 0 aromatic carbocycles. The summed E-state index contributed by atoms with van der Waals surface area (Å²) in [4.78, 5) is 25.6. The van der Waals surface area contributed by atoms with E-state index < -0.39 is 20.0 Å². The van der Waals surface area contributed by atoms with Crippen LogP contribution in [0.25, 0.3) is 0 Å². The predicted molar refractivity (Wildman–Crippen MR) is 330 cm³/mol. The van der Waals surface area contributed by atoms with E-state index in [4.69, 9.17) is 9.05 Å². The number of amides is 1. The molecule has 456 valence electrons. The molecule has 0 rings (SSSR count). The van der Waals surface area contributed by atoms with Gasteiger partial charge in [-0.25, -0.2) is 0 Å². The standard InChI is InChI=1S/C67H137N2O6P/c1-6-8-10-12-14-16-18-20-22-24-25-26-27-28-29-30-31-32-33-34-35-36-37-38-39-40-41-42-43-44-45-47-49-51-53-55-57-59-61-67(71)68-65(64-75-76(72,73)74-63-62-69(3,4)5)66(70)60-58-56-54-52-50-48-46-23-21-19-17-15-13-11-9-7-2/h65-66,70H,6-64H2,1-5H3,(H-,68,71,72,73). The average molecular weight is 1100 g/mol. The lowest BCUT2D eigenvalue weighted by molar-refractivity contribution is -0.870. The fourth-order valence-corrected chi connectivity index (χ4v) is 11.7. The van der Waals surface area contributed by atoms with Gasteiger partial charge in [-0.3, -0.25) is 9.36 Å². The zero-order chi connectivity index (χ0) is 55.6. The first kappa shape index (κ1) is 75.5. The van der Waals surface area contributed by atoms with Gasteiger partial charge in [0.25, 0.3) is 7.82 Å². The van der Waals surface area contributed by atoms with Gasteiger partial charge in [0, 0.05) is 6.42 Å². The van der Waals surface area contributed by atoms with Crippen molar-refractivity contribution in [3.8, 4) is 0 Å². The molecule has 0 radical (unpaired) electrons. The number of phosphoric ester groups is 1. The van der Waals surface area contributed by atoms with E-state index in [1.165, 1.54) is 308 Å². The van der Waals surface area contributed by atoms with Gasteiger partial charge in [-0.05, 0) is 12.8 Å². The van der Waals surface area contributed by atoms with Crippen LogP contribution in [0.1, 0.15) is 373 Å². The Morgan fingerprint density at radius 1 is 0.408 bits per heavy atom. The molecular weight excluding hydrogens is 960 g/mol. The van der Waals surface area contributed by atoms with Crippen LogP contribution in [-0.2, 0) is 18.4 Å². The van der Waals surface area contributed by atoms with Crippen LogP contribution in [0.3, 0.4) is 0 Å². The van der Waals surface area contributed by atoms with E-state index >= 15 is 0 Å². The van der Waals surface area contributed by atoms with E-state index in [9.17, 15) is 19.4 Å². The van der Waals surface area contributed by atoms with E-state index in [-0.39, 0.29) is 19.1 Å². The minimum absolute atomic E-state index is 0.0167. The number of unbranched alkanes of at least 4 members (excludes halogenated alkanes) is 52. The third kappa shape index (κ3) is 61.1. The topological polar surface area (TPSA) is 108 Å². The van der Waals surface area contributed by atoms with Crippen LogP contribution in [0, 0.1) is 0 Å². The van der Waals surface area contributed by atoms with Gasteiger partial charge in [0.1, 0.15) is 13.2 Å². The molecule has 9 heteroatoms. The number of quaternary nitrogens is 1. The van der Waals surface area contributed by atoms with Crippen molar-refractivity contribution in [2.45, 2.75) is 386 Å². The second-order valence-corrected chi connectivity index (χ2v) is 26.7. The molecule has 0 spiro atoms. The van der Waals surface area contributed by atoms with Crippen LogP contribution in [0.15, 0.2) is 0 Å². The number of phosphoric acid groups is 1. The molecule has 2 N–H and O–H groups in total. The summed E-state index contributed by atoms with van der Waals surface area (Å²) in [6, 6.07) is -0.795. The Balaban J connectivity index is 3.84. The molecule has 0 aliphatic carbocycles. The summed E-state index contributed by atoms with van der Waals surface area (Å²) < 4.78 is 23.5. The van der Waals surface area contributed by atoms with Gasteiger partial charge in [-0.15, -0.1) is 0 Å². The number of nitrogens with zero attached hydrogens (tertiary/aromatic N) is 1. The quantitative estimate of drug-likeness (QED) is 0.0357. The van der Waals surface area contributed by atoms with Crippen molar-refractivity contribution in [1.29, 1.82) is 0 Å². The van der Waals surface area contributed by atoms with Crippen LogP contribution in [-0.4, -0.2) is 68.5 Å². The smallest absolute Gasteiger partial charge is 0.268 e. The Bertz CT molecular complexity index is 1200. The third-order valence-electron chi connectivity index (χ3n) is 16.3. The van der Waals surface area contributed by atoms with Crippen LogP contribution >= 0.6 is 7.82 Å². The number of aliphatic hydroxyl groups is 1. The largest absolute Gasteiger partial charge is 0.756 e. The summed E-state index contributed by atoms with van der Waals surface area (Å²) in [6.45, 7) is 4.79. The zero-order valence-corrected chi connectivity index (χ0v) is 53.2. The number of likely N-dealkylation sites (N-methyl/N-ethyl adjacent to an activating group) is 1. The molecular formula is C67H137N2O6P. The van der Waals surface area contributed by atoms with Crippen molar-refractivity contribution < 1.29 is 32.9 Å². The average Bonchev–Trinajstić information content (AvgIpc) is 3.38. The SMILES string of the molecule is CCCCCCCCCCCCCCCCCCCCCCCCCCCCCCCCCCCCCCCCC(=O)NC(COP(=O)([O-])OCC[N+](C)(C)C)C(O)CCCCCCCCCCCCCCCCCC. The highest BCUT2D eigenvalue weighted by Crippen LogP contribution is 2.38. The number of carbonyl (C=O) groups excluding carboxylic acids is 1. The highest BCUT2D eigenvalue weighted by Gasteiger charge is 2.24. The van der Waals surface area contributed by atoms with E-state index in [1.807, 2.05) is 21.1 Å². The predicted octanol–water partition coefficient (Wildman–Crippen LogP) is 20.9. The summed E-state index contributed by atoms with van der Waals surface area (Å²) in [5.41, 5.74) is 0. The molecule has 0 saturated heterocycles. The zero-order valence-electron chi connectivity index (χ0n) is 52.3. The summed E-state index contributed by atoms with van der Waals surface area (Å²) in [6.07, 6.45) is 73.4. The molecule has 0 fully saturated rings. The van der Waals surface area contributed by atoms with Crippen LogP contribution in [0.4, 0.5) is 0 Å².